The minimum absolute atomic E-state index is 0.191. The fourth-order valence-electron chi connectivity index (χ4n) is 2.26. The van der Waals surface area contributed by atoms with Gasteiger partial charge in [-0.05, 0) is 18.8 Å². The van der Waals surface area contributed by atoms with E-state index in [0.717, 1.165) is 19.3 Å². The summed E-state index contributed by atoms with van der Waals surface area (Å²) in [6.45, 7) is 6.05. The SMILES string of the molecule is CCCCCCCCCC(=O)CC(CC)COC(C)=O. The molecule has 0 saturated carbocycles. The Hall–Kier alpha value is -0.860. The number of ketones is 1. The summed E-state index contributed by atoms with van der Waals surface area (Å²) in [5.41, 5.74) is 0. The molecule has 0 radical (unpaired) electrons. The molecule has 20 heavy (non-hydrogen) atoms. The molecular formula is C17H32O3. The molecule has 0 aliphatic carbocycles. The molecule has 1 unspecified atom stereocenters. The fraction of sp³-hybridized carbons (Fsp3) is 0.882. The lowest BCUT2D eigenvalue weighted by molar-refractivity contribution is -0.143. The molecule has 0 aromatic carbocycles. The van der Waals surface area contributed by atoms with Crippen LogP contribution >= 0.6 is 0 Å². The Bertz CT molecular complexity index is 261. The third-order valence-electron chi connectivity index (χ3n) is 3.68. The van der Waals surface area contributed by atoms with Crippen molar-refractivity contribution in [1.29, 1.82) is 0 Å². The van der Waals surface area contributed by atoms with E-state index < -0.39 is 0 Å². The van der Waals surface area contributed by atoms with Crippen molar-refractivity contribution in [3.8, 4) is 0 Å². The number of carbonyl (C=O) groups excluding carboxylic acids is 2. The van der Waals surface area contributed by atoms with Crippen LogP contribution in [0.25, 0.3) is 0 Å². The van der Waals surface area contributed by atoms with Gasteiger partial charge in [-0.1, -0.05) is 52.4 Å². The van der Waals surface area contributed by atoms with Gasteiger partial charge in [-0.15, -0.1) is 0 Å². The first-order chi connectivity index (χ1) is 9.60. The molecule has 0 aliphatic heterocycles. The first-order valence-electron chi connectivity index (χ1n) is 8.25. The maximum atomic E-state index is 11.9. The van der Waals surface area contributed by atoms with Crippen molar-refractivity contribution in [2.75, 3.05) is 6.61 Å². The van der Waals surface area contributed by atoms with Gasteiger partial charge < -0.3 is 4.74 Å². The van der Waals surface area contributed by atoms with Crippen molar-refractivity contribution in [3.63, 3.8) is 0 Å². The van der Waals surface area contributed by atoms with Gasteiger partial charge in [-0.3, -0.25) is 9.59 Å². The second-order valence-electron chi connectivity index (χ2n) is 5.69. The van der Waals surface area contributed by atoms with Gasteiger partial charge in [0.1, 0.15) is 5.78 Å². The molecular weight excluding hydrogens is 252 g/mol. The summed E-state index contributed by atoms with van der Waals surface area (Å²) in [6, 6.07) is 0. The van der Waals surface area contributed by atoms with Gasteiger partial charge in [0.25, 0.3) is 0 Å². The Kier molecular flexibility index (Phi) is 12.6. The van der Waals surface area contributed by atoms with Crippen molar-refractivity contribution in [2.45, 2.75) is 85.0 Å². The second kappa shape index (κ2) is 13.1. The molecule has 3 heteroatoms. The standard InChI is InChI=1S/C17H32O3/c1-4-6-7-8-9-10-11-12-17(19)13-16(5-2)14-20-15(3)18/h16H,4-14H2,1-3H3. The first-order valence-corrected chi connectivity index (χ1v) is 8.25. The van der Waals surface area contributed by atoms with Crippen LogP contribution in [0, 0.1) is 5.92 Å². The average molecular weight is 284 g/mol. The average Bonchev–Trinajstić information content (AvgIpc) is 2.42. The smallest absolute Gasteiger partial charge is 0.302 e. The number of carbonyl (C=O) groups is 2. The van der Waals surface area contributed by atoms with E-state index >= 15 is 0 Å². The topological polar surface area (TPSA) is 43.4 Å². The predicted molar refractivity (Wildman–Crippen MR) is 82.6 cm³/mol. The van der Waals surface area contributed by atoms with Crippen LogP contribution < -0.4 is 0 Å². The number of esters is 1. The van der Waals surface area contributed by atoms with E-state index in [2.05, 4.69) is 6.92 Å². The molecule has 0 saturated heterocycles. The van der Waals surface area contributed by atoms with E-state index in [0.29, 0.717) is 25.2 Å². The van der Waals surface area contributed by atoms with Gasteiger partial charge in [0, 0.05) is 19.8 Å². The van der Waals surface area contributed by atoms with Crippen LogP contribution in [0.3, 0.4) is 0 Å². The van der Waals surface area contributed by atoms with Crippen LogP contribution in [-0.4, -0.2) is 18.4 Å². The van der Waals surface area contributed by atoms with E-state index in [9.17, 15) is 9.59 Å². The molecule has 0 aromatic heterocycles. The number of hydrogen-bond donors (Lipinski definition) is 0. The first kappa shape index (κ1) is 19.1. The van der Waals surface area contributed by atoms with Crippen LogP contribution in [0.2, 0.25) is 0 Å². The summed E-state index contributed by atoms with van der Waals surface area (Å²) in [5.74, 6) is 0.247. The minimum atomic E-state index is -0.261. The van der Waals surface area contributed by atoms with E-state index in [1.807, 2.05) is 6.92 Å². The number of rotatable bonds is 13. The monoisotopic (exact) mass is 284 g/mol. The van der Waals surface area contributed by atoms with E-state index in [1.54, 1.807) is 0 Å². The summed E-state index contributed by atoms with van der Waals surface area (Å²) in [6.07, 6.45) is 10.8. The van der Waals surface area contributed by atoms with Crippen molar-refractivity contribution in [3.05, 3.63) is 0 Å². The van der Waals surface area contributed by atoms with E-state index in [1.165, 1.54) is 39.0 Å². The third-order valence-corrected chi connectivity index (χ3v) is 3.68. The number of hydrogen-bond acceptors (Lipinski definition) is 3. The van der Waals surface area contributed by atoms with Crippen molar-refractivity contribution in [2.24, 2.45) is 5.92 Å². The molecule has 3 nitrogen and oxygen atoms in total. The Balaban J connectivity index is 3.57. The van der Waals surface area contributed by atoms with Crippen molar-refractivity contribution >= 4 is 11.8 Å². The Labute approximate surface area is 124 Å². The summed E-state index contributed by atoms with van der Waals surface area (Å²) in [4.78, 5) is 22.6. The molecule has 1 atom stereocenters. The van der Waals surface area contributed by atoms with Gasteiger partial charge in [0.2, 0.25) is 0 Å². The number of ether oxygens (including phenoxy) is 1. The molecule has 0 N–H and O–H groups in total. The van der Waals surface area contributed by atoms with Gasteiger partial charge >= 0.3 is 5.97 Å². The molecule has 0 spiro atoms. The molecule has 0 rings (SSSR count). The zero-order chi connectivity index (χ0) is 15.2. The molecule has 0 amide bonds. The fourth-order valence-corrected chi connectivity index (χ4v) is 2.26. The van der Waals surface area contributed by atoms with Gasteiger partial charge in [0.15, 0.2) is 0 Å². The molecule has 0 bridgehead atoms. The van der Waals surface area contributed by atoms with Crippen LogP contribution in [0.5, 0.6) is 0 Å². The van der Waals surface area contributed by atoms with E-state index in [4.69, 9.17) is 4.74 Å². The van der Waals surface area contributed by atoms with Gasteiger partial charge in [0.05, 0.1) is 6.61 Å². The maximum Gasteiger partial charge on any atom is 0.302 e. The minimum Gasteiger partial charge on any atom is -0.466 e. The Morgan fingerprint density at radius 3 is 2.10 bits per heavy atom. The van der Waals surface area contributed by atoms with Crippen molar-refractivity contribution < 1.29 is 14.3 Å². The maximum absolute atomic E-state index is 11.9. The number of Topliss-reactive ketones (excluding diaryl/α,β-unsaturated/α-hetero) is 1. The van der Waals surface area contributed by atoms with Gasteiger partial charge in [-0.25, -0.2) is 0 Å². The lowest BCUT2D eigenvalue weighted by Crippen LogP contribution is -2.15. The predicted octanol–water partition coefficient (Wildman–Crippen LogP) is 4.68. The molecule has 0 aromatic rings. The molecule has 0 aliphatic rings. The lowest BCUT2D eigenvalue weighted by atomic mass is 9.97. The van der Waals surface area contributed by atoms with Crippen molar-refractivity contribution in [1.82, 2.24) is 0 Å². The summed E-state index contributed by atoms with van der Waals surface area (Å²) < 4.78 is 4.99. The highest BCUT2D eigenvalue weighted by molar-refractivity contribution is 5.78. The number of unbranched alkanes of at least 4 members (excludes halogenated alkanes) is 6. The van der Waals surface area contributed by atoms with E-state index in [-0.39, 0.29) is 11.9 Å². The largest absolute Gasteiger partial charge is 0.466 e. The normalized spacial score (nSPS) is 12.2. The highest BCUT2D eigenvalue weighted by Crippen LogP contribution is 2.14. The molecule has 118 valence electrons. The summed E-state index contributed by atoms with van der Waals surface area (Å²) >= 11 is 0. The van der Waals surface area contributed by atoms with Crippen LogP contribution in [0.4, 0.5) is 0 Å². The Morgan fingerprint density at radius 1 is 0.950 bits per heavy atom. The van der Waals surface area contributed by atoms with Crippen LogP contribution in [-0.2, 0) is 14.3 Å². The zero-order valence-corrected chi connectivity index (χ0v) is 13.6. The molecule has 0 fully saturated rings. The molecule has 0 heterocycles. The lowest BCUT2D eigenvalue weighted by Gasteiger charge is -2.13. The van der Waals surface area contributed by atoms with Gasteiger partial charge in [-0.2, -0.15) is 0 Å². The quantitative estimate of drug-likeness (QED) is 0.364. The third kappa shape index (κ3) is 12.2. The Morgan fingerprint density at radius 2 is 1.55 bits per heavy atom. The van der Waals surface area contributed by atoms with Crippen LogP contribution in [0.1, 0.15) is 85.0 Å². The second-order valence-corrected chi connectivity index (χ2v) is 5.69. The van der Waals surface area contributed by atoms with Crippen LogP contribution in [0.15, 0.2) is 0 Å². The highest BCUT2D eigenvalue weighted by atomic mass is 16.5. The summed E-state index contributed by atoms with van der Waals surface area (Å²) in [7, 11) is 0. The zero-order valence-electron chi connectivity index (χ0n) is 13.6. The highest BCUT2D eigenvalue weighted by Gasteiger charge is 2.13. The summed E-state index contributed by atoms with van der Waals surface area (Å²) in [5, 5.41) is 0.